The van der Waals surface area contributed by atoms with E-state index in [-0.39, 0.29) is 11.9 Å². The summed E-state index contributed by atoms with van der Waals surface area (Å²) in [6.07, 6.45) is 4.43. The molecular weight excluding hydrogens is 332 g/mol. The molecule has 3 aromatic rings. The van der Waals surface area contributed by atoms with Gasteiger partial charge >= 0.3 is 0 Å². The van der Waals surface area contributed by atoms with E-state index < -0.39 is 0 Å². The topological polar surface area (TPSA) is 70.7 Å². The molecule has 6 heteroatoms. The van der Waals surface area contributed by atoms with Crippen LogP contribution in [0.4, 0.5) is 0 Å². The third-order valence-electron chi connectivity index (χ3n) is 3.96. The number of H-pyrrole nitrogens is 1. The predicted octanol–water partition coefficient (Wildman–Crippen LogP) is 4.20. The van der Waals surface area contributed by atoms with Crippen molar-refractivity contribution in [3.8, 4) is 0 Å². The van der Waals surface area contributed by atoms with Gasteiger partial charge in [-0.2, -0.15) is 0 Å². The molecule has 0 saturated carbocycles. The van der Waals surface area contributed by atoms with Gasteiger partial charge in [-0.3, -0.25) is 4.79 Å². The fourth-order valence-corrected chi connectivity index (χ4v) is 3.36. The van der Waals surface area contributed by atoms with Crippen molar-refractivity contribution in [2.45, 2.75) is 31.3 Å². The summed E-state index contributed by atoms with van der Waals surface area (Å²) in [4.78, 5) is 25.1. The number of benzene rings is 1. The molecule has 5 nitrogen and oxygen atoms in total. The Kier molecular flexibility index (Phi) is 5.38. The van der Waals surface area contributed by atoms with Gasteiger partial charge in [-0.05, 0) is 42.9 Å². The zero-order chi connectivity index (χ0) is 17.8. The van der Waals surface area contributed by atoms with Gasteiger partial charge in [0.05, 0.1) is 22.6 Å². The molecule has 1 aromatic carbocycles. The molecule has 130 valence electrons. The van der Waals surface area contributed by atoms with Gasteiger partial charge in [-0.1, -0.05) is 26.0 Å². The van der Waals surface area contributed by atoms with Gasteiger partial charge in [0, 0.05) is 6.20 Å². The molecule has 2 N–H and O–H groups in total. The lowest BCUT2D eigenvalue weighted by molar-refractivity contribution is 0.0926. The van der Waals surface area contributed by atoms with Gasteiger partial charge in [-0.15, -0.1) is 11.8 Å². The van der Waals surface area contributed by atoms with E-state index in [0.717, 1.165) is 28.3 Å². The number of amides is 1. The van der Waals surface area contributed by atoms with Crippen LogP contribution in [0.5, 0.6) is 0 Å². The molecule has 1 amide bonds. The van der Waals surface area contributed by atoms with Crippen molar-refractivity contribution < 1.29 is 4.79 Å². The third-order valence-corrected chi connectivity index (χ3v) is 4.67. The zero-order valence-electron chi connectivity index (χ0n) is 14.6. The van der Waals surface area contributed by atoms with Gasteiger partial charge in [0.15, 0.2) is 0 Å². The molecule has 1 unspecified atom stereocenters. The van der Waals surface area contributed by atoms with Crippen molar-refractivity contribution >= 4 is 28.7 Å². The minimum absolute atomic E-state index is 0.122. The Labute approximate surface area is 151 Å². The predicted molar refractivity (Wildman–Crippen MR) is 102 cm³/mol. The van der Waals surface area contributed by atoms with Gasteiger partial charge in [0.2, 0.25) is 0 Å². The maximum Gasteiger partial charge on any atom is 0.254 e. The van der Waals surface area contributed by atoms with E-state index in [0.29, 0.717) is 11.5 Å². The van der Waals surface area contributed by atoms with E-state index in [9.17, 15) is 4.79 Å². The number of nitrogens with one attached hydrogen (secondary N) is 2. The molecule has 2 heterocycles. The first kappa shape index (κ1) is 17.5. The molecule has 0 aliphatic heterocycles. The van der Waals surface area contributed by atoms with E-state index in [1.54, 1.807) is 18.3 Å². The Hall–Kier alpha value is -2.34. The summed E-state index contributed by atoms with van der Waals surface area (Å²) in [5.74, 6) is 1.09. The second-order valence-corrected chi connectivity index (χ2v) is 7.15. The van der Waals surface area contributed by atoms with Crippen molar-refractivity contribution in [2.75, 3.05) is 6.26 Å². The second kappa shape index (κ2) is 7.70. The average Bonchev–Trinajstić information content (AvgIpc) is 3.04. The first-order valence-electron chi connectivity index (χ1n) is 8.33. The molecule has 0 saturated heterocycles. The normalized spacial score (nSPS) is 12.5. The summed E-state index contributed by atoms with van der Waals surface area (Å²) in [5, 5.41) is 3.86. The van der Waals surface area contributed by atoms with E-state index in [1.807, 2.05) is 30.5 Å². The van der Waals surface area contributed by atoms with Crippen LogP contribution in [0, 0.1) is 5.92 Å². The highest BCUT2D eigenvalue weighted by molar-refractivity contribution is 7.98. The first-order chi connectivity index (χ1) is 12.1. The fourth-order valence-electron chi connectivity index (χ4n) is 2.81. The van der Waals surface area contributed by atoms with Crippen LogP contribution >= 0.6 is 11.8 Å². The van der Waals surface area contributed by atoms with E-state index >= 15 is 0 Å². The van der Waals surface area contributed by atoms with Gasteiger partial charge in [0.25, 0.3) is 5.91 Å². The Morgan fingerprint density at radius 1 is 1.24 bits per heavy atom. The number of carbonyl (C=O) groups is 1. The summed E-state index contributed by atoms with van der Waals surface area (Å²) < 4.78 is 0. The highest BCUT2D eigenvalue weighted by atomic mass is 32.2. The summed E-state index contributed by atoms with van der Waals surface area (Å²) in [6, 6.07) is 11.3. The Bertz CT molecular complexity index is 841. The minimum atomic E-state index is -0.171. The van der Waals surface area contributed by atoms with Gasteiger partial charge in [-0.25, -0.2) is 9.97 Å². The molecule has 0 aliphatic rings. The number of carbonyl (C=O) groups excluding carboxylic acids is 1. The Morgan fingerprint density at radius 3 is 2.76 bits per heavy atom. The molecule has 0 fully saturated rings. The SMILES string of the molecule is CSc1ncccc1C(=O)NC(CC(C)C)c1nc2ccccc2[nH]1. The van der Waals surface area contributed by atoms with E-state index in [4.69, 9.17) is 0 Å². The molecule has 0 bridgehead atoms. The van der Waals surface area contributed by atoms with Crippen LogP contribution in [0.25, 0.3) is 11.0 Å². The van der Waals surface area contributed by atoms with Crippen molar-refractivity contribution in [1.29, 1.82) is 0 Å². The Morgan fingerprint density at radius 2 is 2.04 bits per heavy atom. The largest absolute Gasteiger partial charge is 0.342 e. The maximum absolute atomic E-state index is 12.8. The van der Waals surface area contributed by atoms with Crippen LogP contribution in [-0.2, 0) is 0 Å². The molecular formula is C19H22N4OS. The quantitative estimate of drug-likeness (QED) is 0.651. The third kappa shape index (κ3) is 4.02. The molecule has 0 aliphatic carbocycles. The molecule has 2 aromatic heterocycles. The number of nitrogens with zero attached hydrogens (tertiary/aromatic N) is 2. The number of para-hydroxylation sites is 2. The van der Waals surface area contributed by atoms with Crippen LogP contribution in [0.3, 0.4) is 0 Å². The zero-order valence-corrected chi connectivity index (χ0v) is 15.4. The van der Waals surface area contributed by atoms with E-state index in [2.05, 4.69) is 34.1 Å². The van der Waals surface area contributed by atoms with Gasteiger partial charge in [0.1, 0.15) is 10.9 Å². The van der Waals surface area contributed by atoms with E-state index in [1.165, 1.54) is 11.8 Å². The van der Waals surface area contributed by atoms with Gasteiger partial charge < -0.3 is 10.3 Å². The van der Waals surface area contributed by atoms with Crippen LogP contribution < -0.4 is 5.32 Å². The number of rotatable bonds is 6. The van der Waals surface area contributed by atoms with Crippen molar-refractivity contribution in [3.63, 3.8) is 0 Å². The number of aromatic amines is 1. The smallest absolute Gasteiger partial charge is 0.254 e. The van der Waals surface area contributed by atoms with Crippen molar-refractivity contribution in [1.82, 2.24) is 20.3 Å². The van der Waals surface area contributed by atoms with Crippen LogP contribution in [0.2, 0.25) is 0 Å². The minimum Gasteiger partial charge on any atom is -0.342 e. The fraction of sp³-hybridized carbons (Fsp3) is 0.316. The van der Waals surface area contributed by atoms with Crippen LogP contribution in [0.1, 0.15) is 42.5 Å². The molecule has 3 rings (SSSR count). The van der Waals surface area contributed by atoms with Crippen LogP contribution in [-0.4, -0.2) is 27.1 Å². The molecule has 0 spiro atoms. The summed E-state index contributed by atoms with van der Waals surface area (Å²) in [6.45, 7) is 4.28. The summed E-state index contributed by atoms with van der Waals surface area (Å²) >= 11 is 1.47. The number of thioether (sulfide) groups is 1. The average molecular weight is 354 g/mol. The summed E-state index contributed by atoms with van der Waals surface area (Å²) in [7, 11) is 0. The van der Waals surface area contributed by atoms with Crippen LogP contribution in [0.15, 0.2) is 47.6 Å². The number of hydrogen-bond donors (Lipinski definition) is 2. The molecule has 1 atom stereocenters. The number of imidazole rings is 1. The van der Waals surface area contributed by atoms with Crippen molar-refractivity contribution in [3.05, 3.63) is 54.0 Å². The first-order valence-corrected chi connectivity index (χ1v) is 9.55. The lowest BCUT2D eigenvalue weighted by Gasteiger charge is -2.19. The monoisotopic (exact) mass is 354 g/mol. The highest BCUT2D eigenvalue weighted by Crippen LogP contribution is 2.24. The standard InChI is InChI=1S/C19H22N4OS/c1-12(2)11-16(17-21-14-8-4-5-9-15(14)22-17)23-18(24)13-7-6-10-20-19(13)25-3/h4-10,12,16H,11H2,1-3H3,(H,21,22)(H,23,24). The maximum atomic E-state index is 12.8. The molecule has 0 radical (unpaired) electrons. The molecule has 25 heavy (non-hydrogen) atoms. The Balaban J connectivity index is 1.89. The number of hydrogen-bond acceptors (Lipinski definition) is 4. The second-order valence-electron chi connectivity index (χ2n) is 6.36. The lowest BCUT2D eigenvalue weighted by Crippen LogP contribution is -2.30. The summed E-state index contributed by atoms with van der Waals surface area (Å²) in [5.41, 5.74) is 2.48. The van der Waals surface area contributed by atoms with Crippen molar-refractivity contribution in [2.24, 2.45) is 5.92 Å². The lowest BCUT2D eigenvalue weighted by atomic mass is 10.0. The number of aromatic nitrogens is 3. The highest BCUT2D eigenvalue weighted by Gasteiger charge is 2.22. The number of fused-ring (bicyclic) bond motifs is 1. The number of pyridine rings is 1.